The van der Waals surface area contributed by atoms with Gasteiger partial charge in [0.1, 0.15) is 5.75 Å². The summed E-state index contributed by atoms with van der Waals surface area (Å²) in [5, 5.41) is 5.94. The fourth-order valence-corrected chi connectivity index (χ4v) is 2.47. The first-order chi connectivity index (χ1) is 13.2. The van der Waals surface area contributed by atoms with Crippen LogP contribution in [0.5, 0.6) is 5.75 Å². The van der Waals surface area contributed by atoms with Gasteiger partial charge in [-0.1, -0.05) is 19.1 Å². The van der Waals surface area contributed by atoms with Crippen molar-refractivity contribution in [3.63, 3.8) is 0 Å². The molecule has 1 amide bonds. The normalized spacial score (nSPS) is 10.3. The second-order valence-electron chi connectivity index (χ2n) is 5.88. The predicted octanol–water partition coefficient (Wildman–Crippen LogP) is 4.43. The molecule has 1 heterocycles. The number of aromatic nitrogens is 2. The van der Waals surface area contributed by atoms with Crippen LogP contribution in [0.3, 0.4) is 0 Å². The molecule has 0 radical (unpaired) electrons. The summed E-state index contributed by atoms with van der Waals surface area (Å²) in [6, 6.07) is 15.3. The third-order valence-corrected chi connectivity index (χ3v) is 3.96. The van der Waals surface area contributed by atoms with Gasteiger partial charge >= 0.3 is 0 Å². The van der Waals surface area contributed by atoms with E-state index in [9.17, 15) is 4.79 Å². The second kappa shape index (κ2) is 8.80. The van der Waals surface area contributed by atoms with Crippen LogP contribution in [0.4, 0.5) is 17.3 Å². The van der Waals surface area contributed by atoms with Gasteiger partial charge in [-0.25, -0.2) is 9.97 Å². The zero-order valence-electron chi connectivity index (χ0n) is 15.4. The van der Waals surface area contributed by atoms with Crippen molar-refractivity contribution in [3.8, 4) is 5.75 Å². The highest BCUT2D eigenvalue weighted by molar-refractivity contribution is 6.03. The highest BCUT2D eigenvalue weighted by Crippen LogP contribution is 2.17. The zero-order valence-corrected chi connectivity index (χ0v) is 15.4. The van der Waals surface area contributed by atoms with Gasteiger partial charge in [0.05, 0.1) is 12.2 Å². The molecule has 6 heteroatoms. The molecule has 27 heavy (non-hydrogen) atoms. The molecular formula is C21H22N4O2. The minimum atomic E-state index is -0.266. The number of aryl methyl sites for hydroxylation is 1. The molecule has 2 N–H and O–H groups in total. The maximum absolute atomic E-state index is 12.3. The van der Waals surface area contributed by atoms with Gasteiger partial charge in [0.2, 0.25) is 5.95 Å². The average Bonchev–Trinajstić information content (AvgIpc) is 2.71. The summed E-state index contributed by atoms with van der Waals surface area (Å²) in [5.74, 6) is 0.941. The topological polar surface area (TPSA) is 76.1 Å². The van der Waals surface area contributed by atoms with Crippen molar-refractivity contribution < 1.29 is 9.53 Å². The van der Waals surface area contributed by atoms with Gasteiger partial charge in [-0.05, 0) is 55.3 Å². The van der Waals surface area contributed by atoms with Crippen LogP contribution in [0.15, 0.2) is 60.9 Å². The minimum Gasteiger partial charge on any atom is -0.494 e. The van der Waals surface area contributed by atoms with E-state index in [0.717, 1.165) is 17.9 Å². The molecule has 0 atom stereocenters. The van der Waals surface area contributed by atoms with Crippen LogP contribution in [-0.4, -0.2) is 22.5 Å². The average molecular weight is 362 g/mol. The van der Waals surface area contributed by atoms with Crippen LogP contribution in [0, 0.1) is 0 Å². The predicted molar refractivity (Wildman–Crippen MR) is 107 cm³/mol. The van der Waals surface area contributed by atoms with Crippen LogP contribution in [0.2, 0.25) is 0 Å². The van der Waals surface area contributed by atoms with E-state index in [1.54, 1.807) is 12.1 Å². The van der Waals surface area contributed by atoms with E-state index in [-0.39, 0.29) is 5.91 Å². The number of nitrogens with zero attached hydrogens (tertiary/aromatic N) is 2. The Morgan fingerprint density at radius 2 is 1.56 bits per heavy atom. The smallest absolute Gasteiger partial charge is 0.258 e. The lowest BCUT2D eigenvalue weighted by molar-refractivity contribution is 0.102. The fourth-order valence-electron chi connectivity index (χ4n) is 2.47. The van der Waals surface area contributed by atoms with Gasteiger partial charge in [0.15, 0.2) is 0 Å². The number of benzene rings is 2. The molecule has 0 aliphatic rings. The maximum Gasteiger partial charge on any atom is 0.258 e. The van der Waals surface area contributed by atoms with Crippen LogP contribution in [0.25, 0.3) is 0 Å². The molecule has 0 aliphatic heterocycles. The van der Waals surface area contributed by atoms with Gasteiger partial charge < -0.3 is 15.4 Å². The molecular weight excluding hydrogens is 340 g/mol. The number of anilines is 3. The molecule has 0 unspecified atom stereocenters. The van der Waals surface area contributed by atoms with Gasteiger partial charge in [0, 0.05) is 23.8 Å². The van der Waals surface area contributed by atoms with Gasteiger partial charge in [-0.3, -0.25) is 4.79 Å². The first-order valence-electron chi connectivity index (χ1n) is 8.90. The van der Waals surface area contributed by atoms with E-state index in [0.29, 0.717) is 23.8 Å². The molecule has 0 saturated heterocycles. The summed E-state index contributed by atoms with van der Waals surface area (Å²) < 4.78 is 5.39. The number of carbonyl (C=O) groups excluding carboxylic acids is 1. The molecule has 0 bridgehead atoms. The van der Waals surface area contributed by atoms with E-state index in [4.69, 9.17) is 4.74 Å². The van der Waals surface area contributed by atoms with Crippen molar-refractivity contribution in [2.24, 2.45) is 0 Å². The summed E-state index contributed by atoms with van der Waals surface area (Å²) in [6.07, 6.45) is 3.99. The first-order valence-corrected chi connectivity index (χ1v) is 8.90. The lowest BCUT2D eigenvalue weighted by Gasteiger charge is -2.08. The van der Waals surface area contributed by atoms with Crippen molar-refractivity contribution >= 4 is 23.2 Å². The molecule has 6 nitrogen and oxygen atoms in total. The molecule has 0 saturated carbocycles. The number of nitrogens with one attached hydrogen (secondary N) is 2. The van der Waals surface area contributed by atoms with Gasteiger partial charge in [-0.2, -0.15) is 0 Å². The van der Waals surface area contributed by atoms with E-state index >= 15 is 0 Å². The Balaban J connectivity index is 1.60. The van der Waals surface area contributed by atoms with Crippen LogP contribution >= 0.6 is 0 Å². The van der Waals surface area contributed by atoms with Crippen molar-refractivity contribution in [1.29, 1.82) is 0 Å². The second-order valence-corrected chi connectivity index (χ2v) is 5.88. The monoisotopic (exact) mass is 362 g/mol. The van der Waals surface area contributed by atoms with E-state index < -0.39 is 0 Å². The van der Waals surface area contributed by atoms with E-state index in [1.165, 1.54) is 18.0 Å². The molecule has 0 aliphatic carbocycles. The molecule has 0 spiro atoms. The summed E-state index contributed by atoms with van der Waals surface area (Å²) in [7, 11) is 0. The molecule has 138 valence electrons. The summed E-state index contributed by atoms with van der Waals surface area (Å²) >= 11 is 0. The number of hydrogen-bond donors (Lipinski definition) is 2. The highest BCUT2D eigenvalue weighted by Gasteiger charge is 2.08. The van der Waals surface area contributed by atoms with Crippen LogP contribution < -0.4 is 15.4 Å². The van der Waals surface area contributed by atoms with Gasteiger partial charge in [0.25, 0.3) is 5.91 Å². The standard InChI is InChI=1S/C21H22N4O2/c1-3-15-5-7-18(8-6-15)25-21-22-13-16(14-23-21)20(26)24-17-9-11-19(12-10-17)27-4-2/h5-14H,3-4H2,1-2H3,(H,24,26)(H,22,23,25). The Morgan fingerprint density at radius 3 is 2.15 bits per heavy atom. The Bertz CT molecular complexity index is 876. The summed E-state index contributed by atoms with van der Waals surface area (Å²) in [4.78, 5) is 20.8. The quantitative estimate of drug-likeness (QED) is 0.650. The SMILES string of the molecule is CCOc1ccc(NC(=O)c2cnc(Nc3ccc(CC)cc3)nc2)cc1. The van der Waals surface area contributed by atoms with E-state index in [2.05, 4.69) is 39.7 Å². The van der Waals surface area contributed by atoms with Crippen LogP contribution in [0.1, 0.15) is 29.8 Å². The Kier molecular flexibility index (Phi) is 5.99. The highest BCUT2D eigenvalue weighted by atomic mass is 16.5. The Morgan fingerprint density at radius 1 is 0.926 bits per heavy atom. The number of amides is 1. The van der Waals surface area contributed by atoms with Crippen LogP contribution in [-0.2, 0) is 6.42 Å². The Hall–Kier alpha value is -3.41. The summed E-state index contributed by atoms with van der Waals surface area (Å²) in [5.41, 5.74) is 3.24. The molecule has 3 aromatic rings. The molecule has 3 rings (SSSR count). The number of rotatable bonds is 7. The lowest BCUT2D eigenvalue weighted by Crippen LogP contribution is -2.13. The lowest BCUT2D eigenvalue weighted by atomic mass is 10.1. The Labute approximate surface area is 158 Å². The number of ether oxygens (including phenoxy) is 1. The first kappa shape index (κ1) is 18.4. The molecule has 2 aromatic carbocycles. The largest absolute Gasteiger partial charge is 0.494 e. The van der Waals surface area contributed by atoms with Crippen molar-refractivity contribution in [2.45, 2.75) is 20.3 Å². The van der Waals surface area contributed by atoms with Gasteiger partial charge in [-0.15, -0.1) is 0 Å². The number of carbonyl (C=O) groups is 1. The number of hydrogen-bond acceptors (Lipinski definition) is 5. The maximum atomic E-state index is 12.3. The summed E-state index contributed by atoms with van der Waals surface area (Å²) in [6.45, 7) is 4.64. The van der Waals surface area contributed by atoms with Crippen molar-refractivity contribution in [2.75, 3.05) is 17.2 Å². The third kappa shape index (κ3) is 5.04. The van der Waals surface area contributed by atoms with Crippen molar-refractivity contribution in [1.82, 2.24) is 9.97 Å². The molecule has 1 aromatic heterocycles. The third-order valence-electron chi connectivity index (χ3n) is 3.96. The minimum absolute atomic E-state index is 0.266. The fraction of sp³-hybridized carbons (Fsp3) is 0.190. The zero-order chi connectivity index (χ0) is 19.1. The van der Waals surface area contributed by atoms with E-state index in [1.807, 2.05) is 31.2 Å². The molecule has 0 fully saturated rings. The van der Waals surface area contributed by atoms with Crippen molar-refractivity contribution in [3.05, 3.63) is 72.1 Å².